The van der Waals surface area contributed by atoms with Crippen molar-refractivity contribution in [1.82, 2.24) is 20.0 Å². The Kier molecular flexibility index (Phi) is 5.43. The van der Waals surface area contributed by atoms with E-state index < -0.39 is 0 Å². The van der Waals surface area contributed by atoms with Gasteiger partial charge in [0.1, 0.15) is 0 Å². The van der Waals surface area contributed by atoms with Crippen molar-refractivity contribution in [3.05, 3.63) is 53.9 Å². The smallest absolute Gasteiger partial charge is 0.0791 e. The molecule has 124 valence electrons. The van der Waals surface area contributed by atoms with Crippen LogP contribution in [-0.2, 0) is 19.5 Å². The van der Waals surface area contributed by atoms with Gasteiger partial charge in [-0.15, -0.1) is 0 Å². The van der Waals surface area contributed by atoms with E-state index in [1.54, 1.807) is 6.20 Å². The van der Waals surface area contributed by atoms with Crippen molar-refractivity contribution < 1.29 is 5.11 Å². The Morgan fingerprint density at radius 1 is 1.22 bits per heavy atom. The third-order valence-electron chi connectivity index (χ3n) is 4.40. The number of rotatable bonds is 7. The molecule has 23 heavy (non-hydrogen) atoms. The second-order valence-electron chi connectivity index (χ2n) is 6.45. The Balaban J connectivity index is 1.40. The second kappa shape index (κ2) is 7.73. The van der Waals surface area contributed by atoms with Crippen molar-refractivity contribution in [3.63, 3.8) is 0 Å². The topological polar surface area (TPSA) is 53.3 Å². The monoisotopic (exact) mass is 314 g/mol. The molecule has 0 amide bonds. The van der Waals surface area contributed by atoms with Crippen LogP contribution in [0.5, 0.6) is 0 Å². The zero-order chi connectivity index (χ0) is 16.1. The quantitative estimate of drug-likeness (QED) is 0.808. The molecular weight excluding hydrogens is 288 g/mol. The van der Waals surface area contributed by atoms with Crippen LogP contribution in [0.4, 0.5) is 0 Å². The number of hydrogen-bond acceptors (Lipinski definition) is 4. The third kappa shape index (κ3) is 4.64. The van der Waals surface area contributed by atoms with Gasteiger partial charge in [-0.25, -0.2) is 0 Å². The van der Waals surface area contributed by atoms with E-state index in [0.717, 1.165) is 32.6 Å². The number of aliphatic hydroxyl groups excluding tert-OH is 1. The highest BCUT2D eigenvalue weighted by Gasteiger charge is 2.18. The Morgan fingerprint density at radius 3 is 2.83 bits per heavy atom. The summed E-state index contributed by atoms with van der Waals surface area (Å²) in [7, 11) is 0. The van der Waals surface area contributed by atoms with Crippen LogP contribution in [0.15, 0.2) is 42.7 Å². The number of β-amino-alcohol motifs (C(OH)–C–C–N with tert-alkyl or cyclic N) is 1. The summed E-state index contributed by atoms with van der Waals surface area (Å²) in [6, 6.07) is 10.8. The van der Waals surface area contributed by atoms with Crippen LogP contribution in [0.3, 0.4) is 0 Å². The van der Waals surface area contributed by atoms with Gasteiger partial charge in [0.05, 0.1) is 12.6 Å². The maximum atomic E-state index is 10.3. The first-order chi connectivity index (χ1) is 11.2. The van der Waals surface area contributed by atoms with Crippen molar-refractivity contribution in [1.29, 1.82) is 0 Å². The SMILES string of the molecule is C[C@@H](Cn1cccn1)NC[C@H](O)CN1CCc2ccccc2C1. The van der Waals surface area contributed by atoms with Crippen molar-refractivity contribution in [2.24, 2.45) is 0 Å². The Hall–Kier alpha value is -1.69. The summed E-state index contributed by atoms with van der Waals surface area (Å²) < 4.78 is 1.91. The van der Waals surface area contributed by atoms with Gasteiger partial charge in [0, 0.05) is 44.6 Å². The standard InChI is InChI=1S/C18H26N4O/c1-15(12-22-9-4-8-20-22)19-11-18(23)14-21-10-7-16-5-2-3-6-17(16)13-21/h2-6,8-9,15,18-19,23H,7,10-14H2,1H3/t15-,18-/m0/s1. The number of aromatic nitrogens is 2. The van der Waals surface area contributed by atoms with Crippen LogP contribution in [-0.4, -0.2) is 51.6 Å². The molecule has 2 aromatic rings. The maximum absolute atomic E-state index is 10.3. The minimum atomic E-state index is -0.347. The Bertz CT molecular complexity index is 599. The molecule has 0 radical (unpaired) electrons. The summed E-state index contributed by atoms with van der Waals surface area (Å²) >= 11 is 0. The third-order valence-corrected chi connectivity index (χ3v) is 4.40. The number of fused-ring (bicyclic) bond motifs is 1. The van der Waals surface area contributed by atoms with Crippen molar-refractivity contribution >= 4 is 0 Å². The van der Waals surface area contributed by atoms with Gasteiger partial charge in [0.2, 0.25) is 0 Å². The zero-order valence-corrected chi connectivity index (χ0v) is 13.7. The fourth-order valence-corrected chi connectivity index (χ4v) is 3.16. The van der Waals surface area contributed by atoms with Crippen LogP contribution < -0.4 is 5.32 Å². The fourth-order valence-electron chi connectivity index (χ4n) is 3.16. The second-order valence-corrected chi connectivity index (χ2v) is 6.45. The molecule has 0 unspecified atom stereocenters. The molecule has 0 saturated heterocycles. The average molecular weight is 314 g/mol. The molecule has 0 saturated carbocycles. The molecule has 0 fully saturated rings. The van der Waals surface area contributed by atoms with E-state index in [4.69, 9.17) is 0 Å². The lowest BCUT2D eigenvalue weighted by Gasteiger charge is -2.30. The summed E-state index contributed by atoms with van der Waals surface area (Å²) in [6.07, 6.45) is 4.47. The predicted octanol–water partition coefficient (Wildman–Crippen LogP) is 1.28. The zero-order valence-electron chi connectivity index (χ0n) is 13.7. The van der Waals surface area contributed by atoms with Crippen LogP contribution >= 0.6 is 0 Å². The molecule has 2 atom stereocenters. The van der Waals surface area contributed by atoms with Crippen molar-refractivity contribution in [2.45, 2.75) is 38.6 Å². The fraction of sp³-hybridized carbons (Fsp3) is 0.500. The highest BCUT2D eigenvalue weighted by atomic mass is 16.3. The van der Waals surface area contributed by atoms with Crippen LogP contribution in [0.1, 0.15) is 18.1 Å². The van der Waals surface area contributed by atoms with Crippen LogP contribution in [0, 0.1) is 0 Å². The van der Waals surface area contributed by atoms with E-state index in [2.05, 4.69) is 46.5 Å². The molecule has 0 aliphatic carbocycles. The lowest BCUT2D eigenvalue weighted by molar-refractivity contribution is 0.102. The lowest BCUT2D eigenvalue weighted by atomic mass is 10.00. The molecule has 1 aliphatic rings. The number of benzene rings is 1. The van der Waals surface area contributed by atoms with Gasteiger partial charge < -0.3 is 10.4 Å². The highest BCUT2D eigenvalue weighted by molar-refractivity contribution is 5.29. The minimum absolute atomic E-state index is 0.284. The predicted molar refractivity (Wildman–Crippen MR) is 91.1 cm³/mol. The Labute approximate surface area is 137 Å². The van der Waals surface area contributed by atoms with E-state index in [0.29, 0.717) is 6.54 Å². The average Bonchev–Trinajstić information content (AvgIpc) is 3.06. The Morgan fingerprint density at radius 2 is 2.04 bits per heavy atom. The van der Waals surface area contributed by atoms with Crippen molar-refractivity contribution in [2.75, 3.05) is 19.6 Å². The molecule has 2 heterocycles. The number of hydrogen-bond donors (Lipinski definition) is 2. The minimum Gasteiger partial charge on any atom is -0.390 e. The number of aliphatic hydroxyl groups is 1. The normalized spacial score (nSPS) is 17.7. The summed E-state index contributed by atoms with van der Waals surface area (Å²) in [5.74, 6) is 0. The summed E-state index contributed by atoms with van der Waals surface area (Å²) in [4.78, 5) is 2.34. The van der Waals surface area contributed by atoms with Gasteiger partial charge in [-0.2, -0.15) is 5.10 Å². The first kappa shape index (κ1) is 16.2. The summed E-state index contributed by atoms with van der Waals surface area (Å²) in [6.45, 7) is 6.23. The molecule has 1 aromatic heterocycles. The van der Waals surface area contributed by atoms with Gasteiger partial charge in [0.15, 0.2) is 0 Å². The number of nitrogens with one attached hydrogen (secondary N) is 1. The molecule has 5 nitrogen and oxygen atoms in total. The summed E-state index contributed by atoms with van der Waals surface area (Å²) in [5, 5.41) is 17.9. The van der Waals surface area contributed by atoms with Gasteiger partial charge in [0.25, 0.3) is 0 Å². The maximum Gasteiger partial charge on any atom is 0.0791 e. The molecule has 0 spiro atoms. The molecule has 2 N–H and O–H groups in total. The van der Waals surface area contributed by atoms with Gasteiger partial charge in [-0.1, -0.05) is 24.3 Å². The highest BCUT2D eigenvalue weighted by Crippen LogP contribution is 2.18. The van der Waals surface area contributed by atoms with E-state index in [1.165, 1.54) is 11.1 Å². The van der Waals surface area contributed by atoms with E-state index in [1.807, 2.05) is 16.9 Å². The molecule has 1 aliphatic heterocycles. The molecule has 0 bridgehead atoms. The van der Waals surface area contributed by atoms with E-state index in [-0.39, 0.29) is 12.1 Å². The molecule has 5 heteroatoms. The van der Waals surface area contributed by atoms with Gasteiger partial charge in [-0.3, -0.25) is 9.58 Å². The lowest BCUT2D eigenvalue weighted by Crippen LogP contribution is -2.43. The molecular formula is C18H26N4O. The largest absolute Gasteiger partial charge is 0.390 e. The van der Waals surface area contributed by atoms with Crippen LogP contribution in [0.25, 0.3) is 0 Å². The first-order valence-electron chi connectivity index (χ1n) is 8.38. The summed E-state index contributed by atoms with van der Waals surface area (Å²) in [5.41, 5.74) is 2.84. The van der Waals surface area contributed by atoms with E-state index >= 15 is 0 Å². The van der Waals surface area contributed by atoms with Crippen LogP contribution in [0.2, 0.25) is 0 Å². The van der Waals surface area contributed by atoms with E-state index in [9.17, 15) is 5.11 Å². The number of nitrogens with zero attached hydrogens (tertiary/aromatic N) is 3. The van der Waals surface area contributed by atoms with Gasteiger partial charge >= 0.3 is 0 Å². The molecule has 3 rings (SSSR count). The molecule has 1 aromatic carbocycles. The van der Waals surface area contributed by atoms with Crippen molar-refractivity contribution in [3.8, 4) is 0 Å². The van der Waals surface area contributed by atoms with Gasteiger partial charge in [-0.05, 0) is 30.5 Å². The first-order valence-corrected chi connectivity index (χ1v) is 8.38.